The Labute approximate surface area is 174 Å². The van der Waals surface area contributed by atoms with E-state index in [4.69, 9.17) is 5.11 Å². The highest BCUT2D eigenvalue weighted by atomic mass is 19.1. The van der Waals surface area contributed by atoms with Crippen LogP contribution in [0.5, 0.6) is 0 Å². The smallest absolute Gasteiger partial charge is 0.305 e. The zero-order valence-electron chi connectivity index (χ0n) is 16.9. The van der Waals surface area contributed by atoms with Gasteiger partial charge in [-0.25, -0.2) is 4.39 Å². The minimum absolute atomic E-state index is 0.252. The number of nitrogens with zero attached hydrogens (tertiary/aromatic N) is 2. The zero-order chi connectivity index (χ0) is 21.8. The molecule has 3 rings (SSSR count). The highest BCUT2D eigenvalue weighted by molar-refractivity contribution is 6.02. The van der Waals surface area contributed by atoms with Gasteiger partial charge < -0.3 is 20.2 Å². The molecular formula is C21H26FN3O5. The third-order valence-electron chi connectivity index (χ3n) is 5.67. The third-order valence-corrected chi connectivity index (χ3v) is 5.67. The number of amides is 2. The first-order valence-electron chi connectivity index (χ1n) is 10.1. The monoisotopic (exact) mass is 419 g/mol. The molecule has 2 unspecified atom stereocenters. The van der Waals surface area contributed by atoms with Crippen LogP contribution in [-0.4, -0.2) is 65.4 Å². The molecular weight excluding hydrogens is 393 g/mol. The summed E-state index contributed by atoms with van der Waals surface area (Å²) in [5.41, 5.74) is 2.41. The van der Waals surface area contributed by atoms with Gasteiger partial charge in [-0.15, -0.1) is 0 Å². The Hall–Kier alpha value is -2.97. The second-order valence-corrected chi connectivity index (χ2v) is 7.65. The van der Waals surface area contributed by atoms with E-state index in [0.29, 0.717) is 5.56 Å². The number of fused-ring (bicyclic) bond motifs is 1. The van der Waals surface area contributed by atoms with E-state index in [9.17, 15) is 23.6 Å². The molecule has 9 heteroatoms. The number of benzene rings is 1. The zero-order valence-corrected chi connectivity index (χ0v) is 16.9. The highest BCUT2D eigenvalue weighted by Crippen LogP contribution is 2.30. The lowest BCUT2D eigenvalue weighted by Crippen LogP contribution is -2.52. The van der Waals surface area contributed by atoms with Gasteiger partial charge in [0.1, 0.15) is 18.8 Å². The molecule has 162 valence electrons. The Morgan fingerprint density at radius 2 is 1.93 bits per heavy atom. The van der Waals surface area contributed by atoms with Crippen molar-refractivity contribution < 1.29 is 28.7 Å². The largest absolute Gasteiger partial charge is 0.481 e. The lowest BCUT2D eigenvalue weighted by atomic mass is 10.1. The molecule has 2 aliphatic rings. The first-order valence-corrected chi connectivity index (χ1v) is 10.1. The van der Waals surface area contributed by atoms with Crippen molar-refractivity contribution in [2.75, 3.05) is 24.7 Å². The van der Waals surface area contributed by atoms with Gasteiger partial charge in [0, 0.05) is 30.9 Å². The molecule has 1 saturated heterocycles. The fraction of sp³-hybridized carbons (Fsp3) is 0.524. The molecule has 2 atom stereocenters. The molecule has 0 saturated carbocycles. The number of rotatable bonds is 9. The van der Waals surface area contributed by atoms with Crippen LogP contribution in [-0.2, 0) is 20.9 Å². The number of hydrogen-bond acceptors (Lipinski definition) is 5. The molecule has 0 bridgehead atoms. The number of aliphatic carboxylic acids is 1. The Morgan fingerprint density at radius 1 is 1.23 bits per heavy atom. The maximum absolute atomic E-state index is 12.9. The van der Waals surface area contributed by atoms with E-state index < -0.39 is 42.8 Å². The first kappa shape index (κ1) is 21.7. The van der Waals surface area contributed by atoms with Gasteiger partial charge in [0.25, 0.3) is 5.91 Å². The van der Waals surface area contributed by atoms with Crippen LogP contribution in [0.1, 0.15) is 48.5 Å². The average molecular weight is 419 g/mol. The van der Waals surface area contributed by atoms with E-state index in [-0.39, 0.29) is 18.9 Å². The van der Waals surface area contributed by atoms with Crippen LogP contribution in [0, 0.1) is 0 Å². The van der Waals surface area contributed by atoms with Gasteiger partial charge in [-0.1, -0.05) is 6.92 Å². The number of halogens is 1. The molecule has 0 aliphatic carbocycles. The van der Waals surface area contributed by atoms with E-state index in [2.05, 4.69) is 10.2 Å². The highest BCUT2D eigenvalue weighted by Gasteiger charge is 2.37. The molecule has 2 N–H and O–H groups in total. The van der Waals surface area contributed by atoms with Crippen molar-refractivity contribution in [3.63, 3.8) is 0 Å². The summed E-state index contributed by atoms with van der Waals surface area (Å²) < 4.78 is 12.8. The van der Waals surface area contributed by atoms with E-state index in [1.807, 2.05) is 12.1 Å². The molecule has 2 amide bonds. The summed E-state index contributed by atoms with van der Waals surface area (Å²) in [6.07, 6.45) is 1.83. The van der Waals surface area contributed by atoms with E-state index in [1.54, 1.807) is 13.0 Å². The number of carbonyl (C=O) groups excluding carboxylic acids is 3. The fourth-order valence-electron chi connectivity index (χ4n) is 4.08. The third kappa shape index (κ3) is 4.44. The van der Waals surface area contributed by atoms with Crippen LogP contribution in [0.2, 0.25) is 0 Å². The van der Waals surface area contributed by atoms with Crippen molar-refractivity contribution in [3.05, 3.63) is 29.3 Å². The fourth-order valence-corrected chi connectivity index (χ4v) is 4.08. The Kier molecular flexibility index (Phi) is 6.69. The summed E-state index contributed by atoms with van der Waals surface area (Å²) in [7, 11) is 0. The number of ketones is 1. The maximum atomic E-state index is 12.9. The van der Waals surface area contributed by atoms with Gasteiger partial charge >= 0.3 is 5.97 Å². The molecule has 2 aliphatic heterocycles. The van der Waals surface area contributed by atoms with Gasteiger partial charge in [-0.2, -0.15) is 0 Å². The number of hydrogen-bond donors (Lipinski definition) is 2. The summed E-state index contributed by atoms with van der Waals surface area (Å²) >= 11 is 0. The van der Waals surface area contributed by atoms with Gasteiger partial charge in [0.2, 0.25) is 5.91 Å². The SMILES string of the molecule is CCC(C(=O)NC(CC(=O)O)C(=O)CF)N1Cc2cc(N3CCCC3)ccc2C1=O. The van der Waals surface area contributed by atoms with Gasteiger partial charge in [0.15, 0.2) is 5.78 Å². The number of anilines is 1. The number of carboxylic acids is 1. The molecule has 8 nitrogen and oxygen atoms in total. The lowest BCUT2D eigenvalue weighted by molar-refractivity contribution is -0.140. The van der Waals surface area contributed by atoms with E-state index >= 15 is 0 Å². The molecule has 2 heterocycles. The summed E-state index contributed by atoms with van der Waals surface area (Å²) in [6, 6.07) is 3.31. The number of carboxylic acid groups (broad SMARTS) is 1. The Morgan fingerprint density at radius 3 is 2.53 bits per heavy atom. The van der Waals surface area contributed by atoms with Crippen LogP contribution in [0.4, 0.5) is 10.1 Å². The molecule has 0 spiro atoms. The quantitative estimate of drug-likeness (QED) is 0.629. The van der Waals surface area contributed by atoms with Crippen LogP contribution in [0.3, 0.4) is 0 Å². The topological polar surface area (TPSA) is 107 Å². The predicted molar refractivity (Wildman–Crippen MR) is 107 cm³/mol. The van der Waals surface area contributed by atoms with Gasteiger partial charge in [0.05, 0.1) is 6.42 Å². The summed E-state index contributed by atoms with van der Waals surface area (Å²) in [6.45, 7) is 2.55. The van der Waals surface area contributed by atoms with Crippen molar-refractivity contribution in [2.24, 2.45) is 0 Å². The van der Waals surface area contributed by atoms with Crippen LogP contribution in [0.25, 0.3) is 0 Å². The van der Waals surface area contributed by atoms with Crippen LogP contribution < -0.4 is 10.2 Å². The average Bonchev–Trinajstić information content (AvgIpc) is 3.36. The summed E-state index contributed by atoms with van der Waals surface area (Å²) in [5, 5.41) is 11.2. The molecule has 1 fully saturated rings. The van der Waals surface area contributed by atoms with Crippen molar-refractivity contribution in [1.82, 2.24) is 10.2 Å². The Balaban J connectivity index is 1.75. The second-order valence-electron chi connectivity index (χ2n) is 7.65. The van der Waals surface area contributed by atoms with Crippen molar-refractivity contribution in [2.45, 2.75) is 51.2 Å². The minimum Gasteiger partial charge on any atom is -0.481 e. The second kappa shape index (κ2) is 9.23. The number of Topliss-reactive ketones (excluding diaryl/α,β-unsaturated/α-hetero) is 1. The normalized spacial score (nSPS) is 17.6. The molecule has 1 aromatic carbocycles. The molecule has 1 aromatic rings. The van der Waals surface area contributed by atoms with Crippen molar-refractivity contribution >= 4 is 29.3 Å². The van der Waals surface area contributed by atoms with Crippen molar-refractivity contribution in [1.29, 1.82) is 0 Å². The molecule has 30 heavy (non-hydrogen) atoms. The number of alkyl halides is 1. The van der Waals surface area contributed by atoms with Gasteiger partial charge in [-0.3, -0.25) is 19.2 Å². The maximum Gasteiger partial charge on any atom is 0.305 e. The molecule has 0 aromatic heterocycles. The first-order chi connectivity index (χ1) is 14.3. The lowest BCUT2D eigenvalue weighted by Gasteiger charge is -2.27. The minimum atomic E-state index is -1.46. The molecule has 0 radical (unpaired) electrons. The summed E-state index contributed by atoms with van der Waals surface area (Å²) in [5.74, 6) is -3.28. The Bertz CT molecular complexity index is 853. The van der Waals surface area contributed by atoms with Crippen LogP contribution in [0.15, 0.2) is 18.2 Å². The standard InChI is InChI=1S/C21H26FN3O5/c1-2-17(20(29)23-16(10-19(27)28)18(26)11-22)25-12-13-9-14(24-7-3-4-8-24)5-6-15(13)21(25)30/h5-6,9,16-17H,2-4,7-8,10-12H2,1H3,(H,23,29)(H,27,28). The van der Waals surface area contributed by atoms with Crippen LogP contribution >= 0.6 is 0 Å². The van der Waals surface area contributed by atoms with E-state index in [0.717, 1.165) is 37.2 Å². The summed E-state index contributed by atoms with van der Waals surface area (Å²) in [4.78, 5) is 52.0. The predicted octanol–water partition coefficient (Wildman–Crippen LogP) is 1.52. The number of carbonyl (C=O) groups is 4. The van der Waals surface area contributed by atoms with Crippen molar-refractivity contribution in [3.8, 4) is 0 Å². The number of nitrogens with one attached hydrogen (secondary N) is 1. The van der Waals surface area contributed by atoms with E-state index in [1.165, 1.54) is 4.90 Å². The van der Waals surface area contributed by atoms with Gasteiger partial charge in [-0.05, 0) is 43.0 Å².